The van der Waals surface area contributed by atoms with Crippen molar-refractivity contribution in [3.8, 4) is 5.69 Å². The second-order valence-electron chi connectivity index (χ2n) is 7.47. The van der Waals surface area contributed by atoms with Crippen LogP contribution in [-0.2, 0) is 17.8 Å². The fourth-order valence-corrected chi connectivity index (χ4v) is 4.06. The van der Waals surface area contributed by atoms with E-state index in [1.54, 1.807) is 47.5 Å². The van der Waals surface area contributed by atoms with Crippen LogP contribution in [0, 0.1) is 6.92 Å². The van der Waals surface area contributed by atoms with Crippen LogP contribution >= 0.6 is 11.6 Å². The third kappa shape index (κ3) is 5.10. The van der Waals surface area contributed by atoms with Gasteiger partial charge in [-0.2, -0.15) is 0 Å². The predicted octanol–water partition coefficient (Wildman–Crippen LogP) is 4.16. The van der Waals surface area contributed by atoms with Gasteiger partial charge in [-0.15, -0.1) is 0 Å². The Morgan fingerprint density at radius 1 is 1.27 bits per heavy atom. The third-order valence-corrected chi connectivity index (χ3v) is 5.77. The van der Waals surface area contributed by atoms with Crippen molar-refractivity contribution in [3.63, 3.8) is 0 Å². The molecule has 0 radical (unpaired) electrons. The van der Waals surface area contributed by atoms with Gasteiger partial charge in [-0.25, -0.2) is 4.68 Å². The number of aromatic nitrogens is 3. The molecule has 0 unspecified atom stereocenters. The quantitative estimate of drug-likeness (QED) is 0.255. The minimum absolute atomic E-state index is 0.168. The summed E-state index contributed by atoms with van der Waals surface area (Å²) in [6, 6.07) is 8.66. The number of halogens is 1. The van der Waals surface area contributed by atoms with Gasteiger partial charge in [0.2, 0.25) is 0 Å². The molecule has 174 valence electrons. The van der Waals surface area contributed by atoms with Crippen LogP contribution < -0.4 is 11.1 Å². The Balaban J connectivity index is 2.28. The van der Waals surface area contributed by atoms with E-state index in [0.717, 1.165) is 0 Å². The summed E-state index contributed by atoms with van der Waals surface area (Å²) in [5, 5.41) is 0.916. The Morgan fingerprint density at radius 2 is 2.03 bits per heavy atom. The molecule has 2 heterocycles. The molecule has 3 aromatic rings. The predicted molar refractivity (Wildman–Crippen MR) is 135 cm³/mol. The Labute approximate surface area is 197 Å². The summed E-state index contributed by atoms with van der Waals surface area (Å²) in [4.78, 5) is 31.1. The highest BCUT2D eigenvalue weighted by Crippen LogP contribution is 2.23. The van der Waals surface area contributed by atoms with E-state index in [2.05, 4.69) is 11.6 Å². The number of benzene rings is 1. The molecule has 0 amide bonds. The largest absolute Gasteiger partial charge is 0.382 e. The zero-order chi connectivity index (χ0) is 24.0. The van der Waals surface area contributed by atoms with Crippen LogP contribution in [-0.4, -0.2) is 39.9 Å². The molecule has 0 saturated heterocycles. The van der Waals surface area contributed by atoms with Gasteiger partial charge in [0.05, 0.1) is 33.9 Å². The molecule has 0 aliphatic rings. The van der Waals surface area contributed by atoms with Gasteiger partial charge in [-0.1, -0.05) is 42.5 Å². The number of aliphatic imine (C=N–C) groups is 1. The molecular formula is C25H29ClN4O3. The number of ether oxygens (including phenoxy) is 1. The van der Waals surface area contributed by atoms with E-state index < -0.39 is 0 Å². The average molecular weight is 469 g/mol. The topological polar surface area (TPSA) is 70.5 Å². The minimum atomic E-state index is -0.239. The van der Waals surface area contributed by atoms with Gasteiger partial charge >= 0.3 is 0 Å². The molecule has 0 saturated carbocycles. The van der Waals surface area contributed by atoms with Gasteiger partial charge in [-0.3, -0.25) is 19.3 Å². The lowest BCUT2D eigenvalue weighted by Crippen LogP contribution is -2.24. The lowest BCUT2D eigenvalue weighted by molar-refractivity contribution is 0.141. The minimum Gasteiger partial charge on any atom is -0.382 e. The van der Waals surface area contributed by atoms with E-state index in [1.807, 2.05) is 25.1 Å². The van der Waals surface area contributed by atoms with Gasteiger partial charge < -0.3 is 9.30 Å². The third-order valence-electron chi connectivity index (χ3n) is 5.45. The summed E-state index contributed by atoms with van der Waals surface area (Å²) < 4.78 is 10.3. The molecule has 2 aromatic heterocycles. The van der Waals surface area contributed by atoms with Crippen LogP contribution in [0.5, 0.6) is 0 Å². The van der Waals surface area contributed by atoms with Gasteiger partial charge in [0.25, 0.3) is 11.1 Å². The number of nitrogens with zero attached hydrogens (tertiary/aromatic N) is 4. The first-order chi connectivity index (χ1) is 15.9. The SMILES string of the molecule is C=C/C=C\C(Cn1c2cc(=O)n(CCCOCC)c(C)c2c(=O)n1-c1ccccc1Cl)=NC. The van der Waals surface area contributed by atoms with Crippen LogP contribution in [0.4, 0.5) is 0 Å². The average Bonchev–Trinajstić information content (AvgIpc) is 3.07. The van der Waals surface area contributed by atoms with Gasteiger partial charge in [0.15, 0.2) is 0 Å². The van der Waals surface area contributed by atoms with Crippen molar-refractivity contribution in [2.75, 3.05) is 20.3 Å². The molecule has 0 N–H and O–H groups in total. The van der Waals surface area contributed by atoms with E-state index >= 15 is 0 Å². The summed E-state index contributed by atoms with van der Waals surface area (Å²) in [6.45, 7) is 9.36. The lowest BCUT2D eigenvalue weighted by atomic mass is 10.2. The highest BCUT2D eigenvalue weighted by Gasteiger charge is 2.21. The number of allylic oxidation sites excluding steroid dienone is 3. The molecule has 7 nitrogen and oxygen atoms in total. The molecule has 33 heavy (non-hydrogen) atoms. The van der Waals surface area contributed by atoms with Crippen molar-refractivity contribution in [1.29, 1.82) is 0 Å². The molecule has 0 aliphatic carbocycles. The van der Waals surface area contributed by atoms with Crippen molar-refractivity contribution < 1.29 is 4.74 Å². The molecule has 0 fully saturated rings. The van der Waals surface area contributed by atoms with Crippen LogP contribution in [0.3, 0.4) is 0 Å². The maximum Gasteiger partial charge on any atom is 0.281 e. The second-order valence-corrected chi connectivity index (χ2v) is 7.87. The van der Waals surface area contributed by atoms with E-state index in [1.165, 1.54) is 10.7 Å². The van der Waals surface area contributed by atoms with Crippen molar-refractivity contribution >= 4 is 28.2 Å². The maximum atomic E-state index is 13.7. The standard InChI is InChI=1S/C25H29ClN4O3/c1-5-7-11-19(27-4)17-29-22-16-23(31)28(14-10-15-33-6-2)18(3)24(22)25(32)30(29)21-13-9-8-12-20(21)26/h5,7-9,11-13,16H,1,6,10,14-15,17H2,2-4H3/b11-7-,27-19?. The number of rotatable bonds is 10. The molecule has 0 bridgehead atoms. The van der Waals surface area contributed by atoms with E-state index in [0.29, 0.717) is 59.2 Å². The molecule has 1 aromatic carbocycles. The first-order valence-corrected chi connectivity index (χ1v) is 11.3. The van der Waals surface area contributed by atoms with E-state index in [9.17, 15) is 9.59 Å². The summed E-state index contributed by atoms with van der Waals surface area (Å²) in [5.41, 5.74) is 2.01. The molecule has 3 rings (SSSR count). The number of hydrogen-bond donors (Lipinski definition) is 0. The molecular weight excluding hydrogens is 440 g/mol. The Hall–Kier alpha value is -3.16. The Kier molecular flexibility index (Phi) is 8.25. The number of hydrogen-bond acceptors (Lipinski definition) is 4. The first-order valence-electron chi connectivity index (χ1n) is 10.9. The monoisotopic (exact) mass is 468 g/mol. The van der Waals surface area contributed by atoms with Crippen LogP contribution in [0.1, 0.15) is 19.0 Å². The molecule has 8 heteroatoms. The number of aryl methyl sites for hydroxylation is 1. The fraction of sp³-hybridized carbons (Fsp3) is 0.320. The summed E-state index contributed by atoms with van der Waals surface area (Å²) in [6.07, 6.45) is 5.94. The summed E-state index contributed by atoms with van der Waals surface area (Å²) >= 11 is 6.47. The van der Waals surface area contributed by atoms with E-state index in [-0.39, 0.29) is 17.7 Å². The highest BCUT2D eigenvalue weighted by molar-refractivity contribution is 6.32. The smallest absolute Gasteiger partial charge is 0.281 e. The van der Waals surface area contributed by atoms with Crippen molar-refractivity contribution in [1.82, 2.24) is 13.9 Å². The Morgan fingerprint density at radius 3 is 2.70 bits per heavy atom. The molecule has 0 spiro atoms. The van der Waals surface area contributed by atoms with Crippen LogP contribution in [0.2, 0.25) is 5.02 Å². The van der Waals surface area contributed by atoms with Crippen LogP contribution in [0.25, 0.3) is 16.6 Å². The van der Waals surface area contributed by atoms with Gasteiger partial charge in [0.1, 0.15) is 0 Å². The maximum absolute atomic E-state index is 13.7. The fourth-order valence-electron chi connectivity index (χ4n) is 3.84. The zero-order valence-electron chi connectivity index (χ0n) is 19.3. The number of para-hydroxylation sites is 1. The highest BCUT2D eigenvalue weighted by atomic mass is 35.5. The normalized spacial score (nSPS) is 12.2. The Bertz CT molecular complexity index is 1330. The second kappa shape index (κ2) is 11.1. The summed E-state index contributed by atoms with van der Waals surface area (Å²) in [5.74, 6) is 0. The number of fused-ring (bicyclic) bond motifs is 1. The van der Waals surface area contributed by atoms with Crippen molar-refractivity contribution in [2.24, 2.45) is 4.99 Å². The van der Waals surface area contributed by atoms with E-state index in [4.69, 9.17) is 16.3 Å². The molecule has 0 atom stereocenters. The van der Waals surface area contributed by atoms with Crippen LogP contribution in [0.15, 0.2) is 69.7 Å². The van der Waals surface area contributed by atoms with Crippen molar-refractivity contribution in [3.05, 3.63) is 86.6 Å². The lowest BCUT2D eigenvalue weighted by Gasteiger charge is -2.14. The first kappa shape index (κ1) is 24.5. The van der Waals surface area contributed by atoms with Crippen molar-refractivity contribution in [2.45, 2.75) is 33.4 Å². The molecule has 0 aliphatic heterocycles. The zero-order valence-corrected chi connectivity index (χ0v) is 20.0. The van der Waals surface area contributed by atoms with Gasteiger partial charge in [0, 0.05) is 38.6 Å². The van der Waals surface area contributed by atoms with Gasteiger partial charge in [-0.05, 0) is 38.5 Å². The summed E-state index contributed by atoms with van der Waals surface area (Å²) in [7, 11) is 1.68. The number of pyridine rings is 1.